The number of methoxy groups -OCH3 is 1. The lowest BCUT2D eigenvalue weighted by Gasteiger charge is -2.11. The second kappa shape index (κ2) is 5.69. The van der Waals surface area contributed by atoms with E-state index in [0.717, 1.165) is 28.1 Å². The lowest BCUT2D eigenvalue weighted by atomic mass is 10.1. The molecule has 1 aromatic carbocycles. The topological polar surface area (TPSA) is 51.6 Å². The Morgan fingerprint density at radius 2 is 2.11 bits per heavy atom. The van der Waals surface area contributed by atoms with Gasteiger partial charge in [-0.1, -0.05) is 6.07 Å². The predicted octanol–water partition coefficient (Wildman–Crippen LogP) is 2.31. The zero-order chi connectivity index (χ0) is 13.0. The highest BCUT2D eigenvalue weighted by Gasteiger charge is 2.09. The van der Waals surface area contributed by atoms with Gasteiger partial charge in [-0.05, 0) is 19.1 Å². The molecule has 96 valence electrons. The molecular formula is C14H17NO3. The van der Waals surface area contributed by atoms with Gasteiger partial charge in [0.1, 0.15) is 17.0 Å². The molecule has 2 aromatic rings. The maximum atomic E-state index is 8.78. The van der Waals surface area contributed by atoms with Crippen molar-refractivity contribution >= 4 is 10.9 Å². The van der Waals surface area contributed by atoms with Gasteiger partial charge in [-0.25, -0.2) is 4.98 Å². The molecule has 0 amide bonds. The van der Waals surface area contributed by atoms with Crippen LogP contribution in [-0.2, 0) is 0 Å². The first-order valence-corrected chi connectivity index (χ1v) is 5.94. The van der Waals surface area contributed by atoms with Crippen LogP contribution in [0.25, 0.3) is 10.9 Å². The van der Waals surface area contributed by atoms with E-state index >= 15 is 0 Å². The van der Waals surface area contributed by atoms with Crippen LogP contribution >= 0.6 is 0 Å². The van der Waals surface area contributed by atoms with Crippen molar-refractivity contribution in [2.75, 3.05) is 20.3 Å². The summed E-state index contributed by atoms with van der Waals surface area (Å²) in [5.74, 6) is 1.52. The van der Waals surface area contributed by atoms with Gasteiger partial charge in [0.05, 0.1) is 13.7 Å². The molecule has 4 heteroatoms. The van der Waals surface area contributed by atoms with Crippen LogP contribution in [0.3, 0.4) is 0 Å². The summed E-state index contributed by atoms with van der Waals surface area (Å²) in [6.45, 7) is 2.54. The van der Waals surface area contributed by atoms with Gasteiger partial charge in [-0.3, -0.25) is 0 Å². The molecule has 0 unspecified atom stereocenters. The molecule has 0 aliphatic heterocycles. The minimum atomic E-state index is 0.130. The van der Waals surface area contributed by atoms with Crippen molar-refractivity contribution in [3.05, 3.63) is 30.0 Å². The van der Waals surface area contributed by atoms with Crippen molar-refractivity contribution in [3.63, 3.8) is 0 Å². The fourth-order valence-corrected chi connectivity index (χ4v) is 1.84. The van der Waals surface area contributed by atoms with Crippen molar-refractivity contribution in [2.45, 2.75) is 13.3 Å². The van der Waals surface area contributed by atoms with E-state index in [1.54, 1.807) is 7.11 Å². The van der Waals surface area contributed by atoms with Crippen molar-refractivity contribution in [3.8, 4) is 11.5 Å². The van der Waals surface area contributed by atoms with E-state index in [1.807, 2.05) is 31.2 Å². The minimum Gasteiger partial charge on any atom is -0.494 e. The summed E-state index contributed by atoms with van der Waals surface area (Å²) in [6, 6.07) is 7.65. The van der Waals surface area contributed by atoms with Gasteiger partial charge in [0, 0.05) is 30.2 Å². The Labute approximate surface area is 106 Å². The smallest absolute Gasteiger partial charge is 0.145 e. The first-order chi connectivity index (χ1) is 8.76. The third kappa shape index (κ3) is 2.54. The largest absolute Gasteiger partial charge is 0.494 e. The summed E-state index contributed by atoms with van der Waals surface area (Å²) in [6.07, 6.45) is 0.618. The summed E-state index contributed by atoms with van der Waals surface area (Å²) >= 11 is 0. The zero-order valence-corrected chi connectivity index (χ0v) is 10.6. The Bertz CT molecular complexity index is 540. The number of ether oxygens (including phenoxy) is 2. The first-order valence-electron chi connectivity index (χ1n) is 5.94. The molecule has 0 bridgehead atoms. The van der Waals surface area contributed by atoms with Crippen LogP contribution in [0.1, 0.15) is 12.1 Å². The van der Waals surface area contributed by atoms with E-state index in [4.69, 9.17) is 14.6 Å². The van der Waals surface area contributed by atoms with E-state index in [1.165, 1.54) is 0 Å². The van der Waals surface area contributed by atoms with Crippen LogP contribution in [-0.4, -0.2) is 30.4 Å². The third-order valence-electron chi connectivity index (χ3n) is 2.67. The van der Waals surface area contributed by atoms with Crippen LogP contribution in [0.15, 0.2) is 24.3 Å². The summed E-state index contributed by atoms with van der Waals surface area (Å²) in [4.78, 5) is 4.48. The first kappa shape index (κ1) is 12.6. The summed E-state index contributed by atoms with van der Waals surface area (Å²) in [7, 11) is 1.63. The second-order valence-electron chi connectivity index (χ2n) is 4.04. The average molecular weight is 247 g/mol. The van der Waals surface area contributed by atoms with E-state index in [9.17, 15) is 0 Å². The summed E-state index contributed by atoms with van der Waals surface area (Å²) in [5.41, 5.74) is 1.69. The number of hydrogen-bond acceptors (Lipinski definition) is 4. The van der Waals surface area contributed by atoms with Gasteiger partial charge >= 0.3 is 0 Å². The fraction of sp³-hybridized carbons (Fsp3) is 0.357. The Morgan fingerprint density at radius 3 is 2.83 bits per heavy atom. The van der Waals surface area contributed by atoms with E-state index < -0.39 is 0 Å². The molecule has 1 aromatic heterocycles. The fourth-order valence-electron chi connectivity index (χ4n) is 1.84. The number of aliphatic hydroxyl groups excluding tert-OH is 1. The highest BCUT2D eigenvalue weighted by atomic mass is 16.5. The van der Waals surface area contributed by atoms with Crippen molar-refractivity contribution in [1.29, 1.82) is 0 Å². The van der Waals surface area contributed by atoms with Gasteiger partial charge in [0.2, 0.25) is 0 Å². The number of hydrogen-bond donors (Lipinski definition) is 1. The van der Waals surface area contributed by atoms with Gasteiger partial charge in [0.15, 0.2) is 0 Å². The van der Waals surface area contributed by atoms with E-state index in [-0.39, 0.29) is 6.61 Å². The van der Waals surface area contributed by atoms with Gasteiger partial charge in [-0.15, -0.1) is 0 Å². The highest BCUT2D eigenvalue weighted by molar-refractivity contribution is 5.89. The average Bonchev–Trinajstić information content (AvgIpc) is 2.38. The molecular weight excluding hydrogens is 230 g/mol. The van der Waals surface area contributed by atoms with Crippen LogP contribution in [0.2, 0.25) is 0 Å². The number of fused-ring (bicyclic) bond motifs is 1. The van der Waals surface area contributed by atoms with Crippen molar-refractivity contribution in [2.24, 2.45) is 0 Å². The lowest BCUT2D eigenvalue weighted by Crippen LogP contribution is -2.01. The quantitative estimate of drug-likeness (QED) is 0.824. The lowest BCUT2D eigenvalue weighted by molar-refractivity contribution is 0.235. The summed E-state index contributed by atoms with van der Waals surface area (Å²) < 4.78 is 11.0. The van der Waals surface area contributed by atoms with Crippen LogP contribution in [0, 0.1) is 6.92 Å². The number of para-hydroxylation sites is 1. The molecule has 0 aliphatic carbocycles. The molecule has 4 nitrogen and oxygen atoms in total. The summed E-state index contributed by atoms with van der Waals surface area (Å²) in [5, 5.41) is 9.71. The Hall–Kier alpha value is -1.81. The monoisotopic (exact) mass is 247 g/mol. The minimum absolute atomic E-state index is 0.130. The number of rotatable bonds is 5. The second-order valence-corrected chi connectivity index (χ2v) is 4.04. The Balaban J connectivity index is 2.45. The van der Waals surface area contributed by atoms with E-state index in [2.05, 4.69) is 4.98 Å². The van der Waals surface area contributed by atoms with Gasteiger partial charge in [-0.2, -0.15) is 0 Å². The number of benzene rings is 1. The number of aryl methyl sites for hydroxylation is 1. The normalized spacial score (nSPS) is 10.6. The molecule has 0 saturated heterocycles. The molecule has 0 spiro atoms. The number of nitrogens with zero attached hydrogens (tertiary/aromatic N) is 1. The van der Waals surface area contributed by atoms with Crippen LogP contribution in [0.5, 0.6) is 11.5 Å². The van der Waals surface area contributed by atoms with E-state index in [0.29, 0.717) is 13.0 Å². The molecule has 1 heterocycles. The van der Waals surface area contributed by atoms with Gasteiger partial charge < -0.3 is 14.6 Å². The number of pyridine rings is 1. The third-order valence-corrected chi connectivity index (χ3v) is 2.67. The molecule has 0 fully saturated rings. The van der Waals surface area contributed by atoms with Crippen molar-refractivity contribution in [1.82, 2.24) is 4.98 Å². The molecule has 0 radical (unpaired) electrons. The standard InChI is InChI=1S/C14H17NO3/c1-10-9-13(18-8-4-7-16)11-5-3-6-12(17-2)14(11)15-10/h3,5-6,9,16H,4,7-8H2,1-2H3. The highest BCUT2D eigenvalue weighted by Crippen LogP contribution is 2.31. The number of aromatic nitrogens is 1. The maximum Gasteiger partial charge on any atom is 0.145 e. The Kier molecular flexibility index (Phi) is 3.99. The van der Waals surface area contributed by atoms with Crippen LogP contribution in [0.4, 0.5) is 0 Å². The number of aliphatic hydroxyl groups is 1. The molecule has 18 heavy (non-hydrogen) atoms. The van der Waals surface area contributed by atoms with Crippen LogP contribution < -0.4 is 9.47 Å². The maximum absolute atomic E-state index is 8.78. The SMILES string of the molecule is COc1cccc2c(OCCCO)cc(C)nc12. The van der Waals surface area contributed by atoms with Gasteiger partial charge in [0.25, 0.3) is 0 Å². The zero-order valence-electron chi connectivity index (χ0n) is 10.6. The predicted molar refractivity (Wildman–Crippen MR) is 70.2 cm³/mol. The molecule has 1 N–H and O–H groups in total. The molecule has 0 aliphatic rings. The molecule has 0 saturated carbocycles. The molecule has 2 rings (SSSR count). The Morgan fingerprint density at radius 1 is 1.28 bits per heavy atom. The van der Waals surface area contributed by atoms with Crippen molar-refractivity contribution < 1.29 is 14.6 Å². The molecule has 0 atom stereocenters.